The summed E-state index contributed by atoms with van der Waals surface area (Å²) in [5.74, 6) is -0.582. The molecule has 0 atom stereocenters. The molecule has 0 aromatic carbocycles. The Balaban J connectivity index is 2.08. The van der Waals surface area contributed by atoms with Crippen LogP contribution in [0.5, 0.6) is 0 Å². The zero-order valence-corrected chi connectivity index (χ0v) is 11.0. The summed E-state index contributed by atoms with van der Waals surface area (Å²) < 4.78 is 0. The Bertz CT molecular complexity index is 585. The molecule has 94 valence electrons. The Morgan fingerprint density at radius 3 is 2.83 bits per heavy atom. The first-order valence-corrected chi connectivity index (χ1v) is 6.29. The Kier molecular flexibility index (Phi) is 3.78. The van der Waals surface area contributed by atoms with Crippen molar-refractivity contribution in [3.63, 3.8) is 0 Å². The number of carboxylic acids is 1. The van der Waals surface area contributed by atoms with Gasteiger partial charge in [-0.2, -0.15) is 0 Å². The number of aromatic nitrogens is 2. The smallest absolute Gasteiger partial charge is 0.337 e. The summed E-state index contributed by atoms with van der Waals surface area (Å²) in [6.07, 6.45) is 3.06. The second kappa shape index (κ2) is 5.32. The second-order valence-electron chi connectivity index (χ2n) is 3.56. The summed E-state index contributed by atoms with van der Waals surface area (Å²) in [7, 11) is 0. The van der Waals surface area contributed by atoms with Gasteiger partial charge in [0.2, 0.25) is 0 Å². The minimum Gasteiger partial charge on any atom is -0.478 e. The van der Waals surface area contributed by atoms with Crippen LogP contribution in [0.25, 0.3) is 0 Å². The van der Waals surface area contributed by atoms with Crippen molar-refractivity contribution in [3.05, 3.63) is 38.9 Å². The van der Waals surface area contributed by atoms with Crippen molar-refractivity contribution in [2.75, 3.05) is 5.32 Å². The molecule has 5 nitrogen and oxygen atoms in total. The lowest BCUT2D eigenvalue weighted by molar-refractivity contribution is 0.0696. The zero-order chi connectivity index (χ0) is 13.1. The molecule has 0 fully saturated rings. The third-order valence-corrected chi connectivity index (χ3v) is 3.39. The first-order valence-electron chi connectivity index (χ1n) is 5.10. The van der Waals surface area contributed by atoms with Crippen LogP contribution in [0.15, 0.2) is 18.5 Å². The van der Waals surface area contributed by atoms with Gasteiger partial charge in [0.1, 0.15) is 5.82 Å². The van der Waals surface area contributed by atoms with E-state index < -0.39 is 5.97 Å². The van der Waals surface area contributed by atoms with Gasteiger partial charge in [-0.25, -0.2) is 14.8 Å². The van der Waals surface area contributed by atoms with Crippen molar-refractivity contribution in [2.24, 2.45) is 0 Å². The Morgan fingerprint density at radius 1 is 1.50 bits per heavy atom. The van der Waals surface area contributed by atoms with E-state index in [1.165, 1.54) is 12.3 Å². The maximum absolute atomic E-state index is 10.7. The first kappa shape index (κ1) is 12.8. The average Bonchev–Trinajstić information content (AvgIpc) is 2.73. The van der Waals surface area contributed by atoms with E-state index in [0.29, 0.717) is 12.4 Å². The molecule has 0 saturated heterocycles. The summed E-state index contributed by atoms with van der Waals surface area (Å²) in [4.78, 5) is 19.9. The van der Waals surface area contributed by atoms with E-state index in [1.54, 1.807) is 17.5 Å². The van der Waals surface area contributed by atoms with Crippen molar-refractivity contribution >= 4 is 34.7 Å². The summed E-state index contributed by atoms with van der Waals surface area (Å²) >= 11 is 7.53. The van der Waals surface area contributed by atoms with Crippen LogP contribution in [-0.4, -0.2) is 21.0 Å². The Hall–Kier alpha value is -1.66. The van der Waals surface area contributed by atoms with Crippen molar-refractivity contribution < 1.29 is 9.90 Å². The first-order chi connectivity index (χ1) is 8.56. The molecule has 0 spiro atoms. The molecular formula is C11H10ClN3O2S. The van der Waals surface area contributed by atoms with Crippen LogP contribution in [0.3, 0.4) is 0 Å². The fourth-order valence-corrected chi connectivity index (χ4v) is 2.31. The Morgan fingerprint density at radius 2 is 2.28 bits per heavy atom. The summed E-state index contributed by atoms with van der Waals surface area (Å²) in [5, 5.41) is 13.1. The van der Waals surface area contributed by atoms with Gasteiger partial charge < -0.3 is 10.4 Å². The van der Waals surface area contributed by atoms with Crippen LogP contribution in [-0.2, 0) is 6.54 Å². The molecule has 0 unspecified atom stereocenters. The van der Waals surface area contributed by atoms with Crippen LogP contribution in [0.2, 0.25) is 5.02 Å². The highest BCUT2D eigenvalue weighted by atomic mass is 35.5. The molecule has 2 aromatic heterocycles. The van der Waals surface area contributed by atoms with Gasteiger partial charge in [-0.15, -0.1) is 11.3 Å². The predicted molar refractivity (Wildman–Crippen MR) is 70.4 cm³/mol. The van der Waals surface area contributed by atoms with E-state index in [2.05, 4.69) is 15.3 Å². The van der Waals surface area contributed by atoms with E-state index in [0.717, 1.165) is 9.88 Å². The fraction of sp³-hybridized carbons (Fsp3) is 0.182. The number of carboxylic acid groups (broad SMARTS) is 1. The third-order valence-electron chi connectivity index (χ3n) is 2.19. The highest BCUT2D eigenvalue weighted by Gasteiger charge is 2.08. The predicted octanol–water partition coefficient (Wildman–Crippen LogP) is 2.81. The van der Waals surface area contributed by atoms with Crippen molar-refractivity contribution in [1.29, 1.82) is 0 Å². The summed E-state index contributed by atoms with van der Waals surface area (Å²) in [6, 6.07) is 1.37. The van der Waals surface area contributed by atoms with Crippen molar-refractivity contribution in [3.8, 4) is 0 Å². The lowest BCUT2D eigenvalue weighted by Gasteiger charge is -2.06. The van der Waals surface area contributed by atoms with Crippen LogP contribution in [0, 0.1) is 6.92 Å². The lowest BCUT2D eigenvalue weighted by atomic mass is 10.3. The van der Waals surface area contributed by atoms with Crippen molar-refractivity contribution in [2.45, 2.75) is 13.5 Å². The number of nitrogens with one attached hydrogen (secondary N) is 1. The number of thiazole rings is 1. The fourth-order valence-electron chi connectivity index (χ4n) is 1.34. The number of anilines is 1. The molecular weight excluding hydrogens is 274 g/mol. The maximum Gasteiger partial charge on any atom is 0.337 e. The normalized spacial score (nSPS) is 10.3. The van der Waals surface area contributed by atoms with Crippen LogP contribution < -0.4 is 5.32 Å². The van der Waals surface area contributed by atoms with Gasteiger partial charge in [0.25, 0.3) is 0 Å². The van der Waals surface area contributed by atoms with E-state index in [1.807, 2.05) is 6.92 Å². The minimum absolute atomic E-state index is 0.0687. The van der Waals surface area contributed by atoms with Crippen LogP contribution >= 0.6 is 22.9 Å². The lowest BCUT2D eigenvalue weighted by Crippen LogP contribution is -2.03. The number of nitrogens with zero attached hydrogens (tertiary/aromatic N) is 2. The van der Waals surface area contributed by atoms with Gasteiger partial charge in [-0.3, -0.25) is 0 Å². The quantitative estimate of drug-likeness (QED) is 0.902. The zero-order valence-electron chi connectivity index (χ0n) is 9.48. The molecule has 2 rings (SSSR count). The van der Waals surface area contributed by atoms with E-state index in [-0.39, 0.29) is 10.6 Å². The number of aromatic carboxylic acids is 1. The van der Waals surface area contributed by atoms with Crippen LogP contribution in [0.1, 0.15) is 20.2 Å². The van der Waals surface area contributed by atoms with E-state index in [9.17, 15) is 4.79 Å². The van der Waals surface area contributed by atoms with Gasteiger partial charge in [0, 0.05) is 17.3 Å². The number of aryl methyl sites for hydroxylation is 1. The molecule has 7 heteroatoms. The molecule has 18 heavy (non-hydrogen) atoms. The Labute approximate surface area is 112 Å². The maximum atomic E-state index is 10.7. The minimum atomic E-state index is -1.05. The topological polar surface area (TPSA) is 75.1 Å². The van der Waals surface area contributed by atoms with Crippen LogP contribution in [0.4, 0.5) is 5.82 Å². The number of hydrogen-bond donors (Lipinski definition) is 2. The third kappa shape index (κ3) is 2.96. The molecule has 0 aliphatic carbocycles. The highest BCUT2D eigenvalue weighted by molar-refractivity contribution is 7.11. The molecule has 0 aliphatic rings. The molecule has 0 amide bonds. The number of carbonyl (C=O) groups is 1. The van der Waals surface area contributed by atoms with Crippen molar-refractivity contribution in [1.82, 2.24) is 9.97 Å². The monoisotopic (exact) mass is 283 g/mol. The van der Waals surface area contributed by atoms with Gasteiger partial charge in [0.05, 0.1) is 22.1 Å². The largest absolute Gasteiger partial charge is 0.478 e. The highest BCUT2D eigenvalue weighted by Crippen LogP contribution is 2.21. The number of rotatable bonds is 4. The van der Waals surface area contributed by atoms with E-state index >= 15 is 0 Å². The molecule has 0 radical (unpaired) electrons. The average molecular weight is 284 g/mol. The SMILES string of the molecule is Cc1ncc(CNc2ncc(C(=O)O)cc2Cl)s1. The summed E-state index contributed by atoms with van der Waals surface area (Å²) in [6.45, 7) is 2.49. The molecule has 2 N–H and O–H groups in total. The number of pyridine rings is 1. The number of hydrogen-bond acceptors (Lipinski definition) is 5. The van der Waals surface area contributed by atoms with Gasteiger partial charge in [0.15, 0.2) is 0 Å². The molecule has 0 saturated carbocycles. The standard InChI is InChI=1S/C11H10ClN3O2S/c1-6-13-4-8(18-6)5-15-10-9(12)2-7(3-14-10)11(16)17/h2-4H,5H2,1H3,(H,14,15)(H,16,17). The summed E-state index contributed by atoms with van der Waals surface area (Å²) in [5.41, 5.74) is 0.0687. The van der Waals surface area contributed by atoms with Gasteiger partial charge in [-0.05, 0) is 13.0 Å². The molecule has 0 bridgehead atoms. The van der Waals surface area contributed by atoms with E-state index in [4.69, 9.17) is 16.7 Å². The molecule has 2 heterocycles. The second-order valence-corrected chi connectivity index (χ2v) is 5.29. The van der Waals surface area contributed by atoms with Gasteiger partial charge in [-0.1, -0.05) is 11.6 Å². The van der Waals surface area contributed by atoms with Gasteiger partial charge >= 0.3 is 5.97 Å². The molecule has 2 aromatic rings. The number of halogens is 1. The molecule has 0 aliphatic heterocycles.